The number of nitro groups is 1. The molecule has 9 nitrogen and oxygen atoms in total. The Balaban J connectivity index is 1.40. The number of nitro benzene ring substituents is 1. The Morgan fingerprint density at radius 2 is 1.91 bits per heavy atom. The van der Waals surface area contributed by atoms with Crippen LogP contribution < -0.4 is 5.32 Å². The maximum absolute atomic E-state index is 13.3. The van der Waals surface area contributed by atoms with E-state index in [-0.39, 0.29) is 23.5 Å². The fourth-order valence-electron chi connectivity index (χ4n) is 5.07. The third-order valence-electron chi connectivity index (χ3n) is 6.95. The summed E-state index contributed by atoms with van der Waals surface area (Å²) in [4.78, 5) is 45.1. The molecule has 2 heterocycles. The molecule has 1 aliphatic carbocycles. The molecular weight excluding hydrogens is 434 g/mol. The van der Waals surface area contributed by atoms with Crippen molar-refractivity contribution in [2.24, 2.45) is 5.92 Å². The van der Waals surface area contributed by atoms with E-state index in [9.17, 15) is 19.7 Å². The van der Waals surface area contributed by atoms with Crippen LogP contribution in [0.1, 0.15) is 47.2 Å². The molecule has 1 aliphatic heterocycles. The monoisotopic (exact) mass is 465 g/mol. The zero-order valence-electron chi connectivity index (χ0n) is 19.5. The molecule has 180 valence electrons. The van der Waals surface area contributed by atoms with Crippen LogP contribution in [0, 0.1) is 23.0 Å². The lowest BCUT2D eigenvalue weighted by Gasteiger charge is -2.40. The second-order valence-electron chi connectivity index (χ2n) is 9.15. The Morgan fingerprint density at radius 1 is 1.18 bits per heavy atom. The summed E-state index contributed by atoms with van der Waals surface area (Å²) in [5, 5.41) is 14.3. The van der Waals surface area contributed by atoms with Crippen LogP contribution in [0.5, 0.6) is 0 Å². The van der Waals surface area contributed by atoms with Crippen LogP contribution >= 0.6 is 0 Å². The highest BCUT2D eigenvalue weighted by molar-refractivity contribution is 5.95. The van der Waals surface area contributed by atoms with Gasteiger partial charge in [-0.2, -0.15) is 0 Å². The molecule has 1 aromatic heterocycles. The van der Waals surface area contributed by atoms with Crippen molar-refractivity contribution in [3.8, 4) is 0 Å². The summed E-state index contributed by atoms with van der Waals surface area (Å²) in [6.45, 7) is 4.27. The number of aromatic nitrogens is 1. The zero-order valence-corrected chi connectivity index (χ0v) is 19.5. The van der Waals surface area contributed by atoms with Crippen LogP contribution in [0.15, 0.2) is 42.7 Å². The molecular formula is C25H31N5O4. The van der Waals surface area contributed by atoms with Gasteiger partial charge in [0.25, 0.3) is 11.6 Å². The smallest absolute Gasteiger partial charge is 0.273 e. The summed E-state index contributed by atoms with van der Waals surface area (Å²) in [6, 6.07) is 8.20. The summed E-state index contributed by atoms with van der Waals surface area (Å²) in [5.41, 5.74) is 1.77. The standard InChI is InChI=1S/C25H31N5O4/c1-18-8-9-21(15-22(18)30(33)34)25(32)29-13-11-28(12-14-29)23(20-6-2-3-7-20)24(31)27-17-19-5-4-10-26-16-19/h4-5,8-10,15-16,20,23H,2-3,6-7,11-14,17H2,1H3,(H,27,31). The van der Waals surface area contributed by atoms with E-state index in [4.69, 9.17) is 0 Å². The van der Waals surface area contributed by atoms with Crippen molar-refractivity contribution in [3.63, 3.8) is 0 Å². The molecule has 1 saturated heterocycles. The van der Waals surface area contributed by atoms with Gasteiger partial charge in [0.2, 0.25) is 5.91 Å². The van der Waals surface area contributed by atoms with Crippen molar-refractivity contribution in [3.05, 3.63) is 69.5 Å². The number of amides is 2. The van der Waals surface area contributed by atoms with E-state index in [1.807, 2.05) is 12.1 Å². The molecule has 9 heteroatoms. The predicted octanol–water partition coefficient (Wildman–Crippen LogP) is 2.93. The summed E-state index contributed by atoms with van der Waals surface area (Å²) in [6.07, 6.45) is 7.82. The average molecular weight is 466 g/mol. The predicted molar refractivity (Wildman–Crippen MR) is 127 cm³/mol. The van der Waals surface area contributed by atoms with Gasteiger partial charge in [-0.05, 0) is 43.4 Å². The van der Waals surface area contributed by atoms with Crippen LogP contribution in [0.2, 0.25) is 0 Å². The van der Waals surface area contributed by atoms with Crippen molar-refractivity contribution in [1.82, 2.24) is 20.1 Å². The van der Waals surface area contributed by atoms with Crippen LogP contribution in [0.25, 0.3) is 0 Å². The van der Waals surface area contributed by atoms with E-state index in [2.05, 4.69) is 15.2 Å². The summed E-state index contributed by atoms with van der Waals surface area (Å²) < 4.78 is 0. The number of hydrogen-bond acceptors (Lipinski definition) is 6. The maximum Gasteiger partial charge on any atom is 0.273 e. The first-order valence-corrected chi connectivity index (χ1v) is 11.9. The number of piperazine rings is 1. The fourth-order valence-corrected chi connectivity index (χ4v) is 5.07. The van der Waals surface area contributed by atoms with Crippen LogP contribution in [0.4, 0.5) is 5.69 Å². The van der Waals surface area contributed by atoms with Crippen molar-refractivity contribution in [1.29, 1.82) is 0 Å². The van der Waals surface area contributed by atoms with Gasteiger partial charge in [0, 0.05) is 62.3 Å². The number of nitrogens with zero attached hydrogens (tertiary/aromatic N) is 4. The third-order valence-corrected chi connectivity index (χ3v) is 6.95. The van der Waals surface area contributed by atoms with Crippen molar-refractivity contribution in [2.45, 2.75) is 45.2 Å². The lowest BCUT2D eigenvalue weighted by atomic mass is 9.94. The Hall–Kier alpha value is -3.33. The lowest BCUT2D eigenvalue weighted by molar-refractivity contribution is -0.385. The van der Waals surface area contributed by atoms with Crippen molar-refractivity contribution < 1.29 is 14.5 Å². The fraction of sp³-hybridized carbons (Fsp3) is 0.480. The molecule has 0 spiro atoms. The van der Waals surface area contributed by atoms with Gasteiger partial charge in [0.1, 0.15) is 0 Å². The first-order valence-electron chi connectivity index (χ1n) is 11.9. The second kappa shape index (κ2) is 10.7. The van der Waals surface area contributed by atoms with Crippen molar-refractivity contribution in [2.75, 3.05) is 26.2 Å². The van der Waals surface area contributed by atoms with Gasteiger partial charge < -0.3 is 10.2 Å². The lowest BCUT2D eigenvalue weighted by Crippen LogP contribution is -2.57. The quantitative estimate of drug-likeness (QED) is 0.498. The molecule has 1 unspecified atom stereocenters. The molecule has 2 fully saturated rings. The summed E-state index contributed by atoms with van der Waals surface area (Å²) >= 11 is 0. The van der Waals surface area contributed by atoms with E-state index in [1.54, 1.807) is 36.4 Å². The molecule has 0 radical (unpaired) electrons. The molecule has 2 aliphatic rings. The minimum absolute atomic E-state index is 0.0321. The van der Waals surface area contributed by atoms with Crippen LogP contribution in [-0.2, 0) is 11.3 Å². The molecule has 1 aromatic carbocycles. The number of rotatable bonds is 7. The highest BCUT2D eigenvalue weighted by atomic mass is 16.6. The number of aryl methyl sites for hydroxylation is 1. The van der Waals surface area contributed by atoms with E-state index in [0.717, 1.165) is 31.2 Å². The molecule has 4 rings (SSSR count). The van der Waals surface area contributed by atoms with E-state index in [0.29, 0.717) is 49.8 Å². The van der Waals surface area contributed by atoms with Crippen molar-refractivity contribution >= 4 is 17.5 Å². The van der Waals surface area contributed by atoms with Gasteiger partial charge in [-0.3, -0.25) is 29.6 Å². The highest BCUT2D eigenvalue weighted by Crippen LogP contribution is 2.31. The average Bonchev–Trinajstić information content (AvgIpc) is 3.38. The van der Waals surface area contributed by atoms with Gasteiger partial charge >= 0.3 is 0 Å². The number of carbonyl (C=O) groups is 2. The number of benzene rings is 1. The number of hydrogen-bond donors (Lipinski definition) is 1. The third kappa shape index (κ3) is 5.41. The van der Waals surface area contributed by atoms with Gasteiger partial charge in [-0.1, -0.05) is 25.0 Å². The molecule has 34 heavy (non-hydrogen) atoms. The minimum Gasteiger partial charge on any atom is -0.351 e. The van der Waals surface area contributed by atoms with E-state index < -0.39 is 4.92 Å². The van der Waals surface area contributed by atoms with Gasteiger partial charge in [0.15, 0.2) is 0 Å². The molecule has 1 saturated carbocycles. The summed E-state index contributed by atoms with van der Waals surface area (Å²) in [7, 11) is 0. The van der Waals surface area contributed by atoms with Gasteiger partial charge in [0.05, 0.1) is 11.0 Å². The zero-order chi connectivity index (χ0) is 24.1. The molecule has 2 aromatic rings. The second-order valence-corrected chi connectivity index (χ2v) is 9.15. The van der Waals surface area contributed by atoms with Crippen LogP contribution in [0.3, 0.4) is 0 Å². The van der Waals surface area contributed by atoms with Gasteiger partial charge in [-0.25, -0.2) is 0 Å². The molecule has 2 amide bonds. The highest BCUT2D eigenvalue weighted by Gasteiger charge is 2.37. The number of nitrogens with one attached hydrogen (secondary N) is 1. The number of carbonyl (C=O) groups excluding carboxylic acids is 2. The summed E-state index contributed by atoms with van der Waals surface area (Å²) in [5.74, 6) is 0.141. The molecule has 1 atom stereocenters. The normalized spacial score (nSPS) is 18.0. The Kier molecular flexibility index (Phi) is 7.52. The maximum atomic E-state index is 13.3. The number of pyridine rings is 1. The molecule has 0 bridgehead atoms. The Morgan fingerprint density at radius 3 is 2.56 bits per heavy atom. The van der Waals surface area contributed by atoms with E-state index >= 15 is 0 Å². The first kappa shape index (κ1) is 23.8. The Bertz CT molecular complexity index is 1030. The SMILES string of the molecule is Cc1ccc(C(=O)N2CCN(C(C(=O)NCc3cccnc3)C3CCCC3)CC2)cc1[N+](=O)[O-]. The van der Waals surface area contributed by atoms with Gasteiger partial charge in [-0.15, -0.1) is 0 Å². The van der Waals surface area contributed by atoms with Crippen LogP contribution in [-0.4, -0.2) is 63.7 Å². The minimum atomic E-state index is -0.458. The molecule has 1 N–H and O–H groups in total. The topological polar surface area (TPSA) is 109 Å². The van der Waals surface area contributed by atoms with E-state index in [1.165, 1.54) is 6.07 Å². The largest absolute Gasteiger partial charge is 0.351 e. The first-order chi connectivity index (χ1) is 16.4. The Labute approximate surface area is 199 Å².